The van der Waals surface area contributed by atoms with Gasteiger partial charge in [-0.15, -0.1) is 0 Å². The number of nitrogens with zero attached hydrogens (tertiary/aromatic N) is 1. The second-order valence-electron chi connectivity index (χ2n) is 4.80. The number of rotatable bonds is 5. The molecule has 1 aromatic rings. The zero-order chi connectivity index (χ0) is 13.9. The van der Waals surface area contributed by atoms with Gasteiger partial charge in [-0.1, -0.05) is 13.8 Å². The molecule has 1 heterocycles. The lowest BCUT2D eigenvalue weighted by atomic mass is 10.1. The third-order valence-corrected chi connectivity index (χ3v) is 2.47. The van der Waals surface area contributed by atoms with Gasteiger partial charge in [0, 0.05) is 6.54 Å². The van der Waals surface area contributed by atoms with Crippen LogP contribution in [0.4, 0.5) is 0 Å². The Kier molecular flexibility index (Phi) is 4.53. The van der Waals surface area contributed by atoms with Crippen molar-refractivity contribution in [1.82, 2.24) is 4.90 Å². The summed E-state index contributed by atoms with van der Waals surface area (Å²) in [5.41, 5.74) is 0.439. The smallest absolute Gasteiger partial charge is 0.323 e. The minimum absolute atomic E-state index is 0.210. The monoisotopic (exact) mass is 253 g/mol. The van der Waals surface area contributed by atoms with E-state index in [4.69, 9.17) is 9.52 Å². The highest BCUT2D eigenvalue weighted by Crippen LogP contribution is 2.16. The number of carbonyl (C=O) groups excluding carboxylic acids is 1. The molecule has 0 bridgehead atoms. The van der Waals surface area contributed by atoms with Gasteiger partial charge in [0.15, 0.2) is 0 Å². The van der Waals surface area contributed by atoms with Crippen molar-refractivity contribution >= 4 is 11.9 Å². The van der Waals surface area contributed by atoms with Crippen molar-refractivity contribution in [2.24, 2.45) is 5.92 Å². The van der Waals surface area contributed by atoms with Gasteiger partial charge >= 0.3 is 5.97 Å². The number of amides is 1. The Morgan fingerprint density at radius 1 is 1.39 bits per heavy atom. The second-order valence-corrected chi connectivity index (χ2v) is 4.80. The number of furan rings is 1. The van der Waals surface area contributed by atoms with E-state index in [9.17, 15) is 9.59 Å². The van der Waals surface area contributed by atoms with E-state index in [0.717, 1.165) is 0 Å². The fraction of sp³-hybridized carbons (Fsp3) is 0.538. The third kappa shape index (κ3) is 3.61. The van der Waals surface area contributed by atoms with E-state index in [-0.39, 0.29) is 18.4 Å². The fourth-order valence-corrected chi connectivity index (χ4v) is 1.84. The van der Waals surface area contributed by atoms with Crippen LogP contribution in [0.3, 0.4) is 0 Å². The maximum Gasteiger partial charge on any atom is 0.323 e. The molecule has 18 heavy (non-hydrogen) atoms. The molecule has 0 fully saturated rings. The van der Waals surface area contributed by atoms with Crippen LogP contribution in [-0.2, 0) is 4.79 Å². The molecular weight excluding hydrogens is 234 g/mol. The molecule has 0 radical (unpaired) electrons. The summed E-state index contributed by atoms with van der Waals surface area (Å²) >= 11 is 0. The summed E-state index contributed by atoms with van der Waals surface area (Å²) in [7, 11) is 0. The van der Waals surface area contributed by atoms with Gasteiger partial charge in [0.2, 0.25) is 0 Å². The summed E-state index contributed by atoms with van der Waals surface area (Å²) in [5.74, 6) is 0.0799. The highest BCUT2D eigenvalue weighted by atomic mass is 16.4. The average Bonchev–Trinajstić information content (AvgIpc) is 2.54. The lowest BCUT2D eigenvalue weighted by Crippen LogP contribution is -2.38. The van der Waals surface area contributed by atoms with Crippen LogP contribution >= 0.6 is 0 Å². The van der Waals surface area contributed by atoms with Gasteiger partial charge < -0.3 is 14.4 Å². The zero-order valence-electron chi connectivity index (χ0n) is 11.2. The van der Waals surface area contributed by atoms with Crippen LogP contribution in [0.1, 0.15) is 35.7 Å². The summed E-state index contributed by atoms with van der Waals surface area (Å²) in [6.07, 6.45) is 0. The number of carboxylic acids is 1. The number of carbonyl (C=O) groups is 2. The molecule has 1 amide bonds. The van der Waals surface area contributed by atoms with Crippen molar-refractivity contribution in [3.63, 3.8) is 0 Å². The van der Waals surface area contributed by atoms with Crippen molar-refractivity contribution in [2.75, 3.05) is 13.1 Å². The molecule has 0 aliphatic carbocycles. The van der Waals surface area contributed by atoms with Crippen LogP contribution in [0.5, 0.6) is 0 Å². The second kappa shape index (κ2) is 5.71. The molecule has 5 heteroatoms. The van der Waals surface area contributed by atoms with Crippen LogP contribution < -0.4 is 0 Å². The Labute approximate surface area is 106 Å². The van der Waals surface area contributed by atoms with Crippen LogP contribution in [0, 0.1) is 19.8 Å². The van der Waals surface area contributed by atoms with Gasteiger partial charge in [-0.25, -0.2) is 0 Å². The lowest BCUT2D eigenvalue weighted by Gasteiger charge is -2.22. The minimum Gasteiger partial charge on any atom is -0.480 e. The van der Waals surface area contributed by atoms with Gasteiger partial charge in [0.05, 0.1) is 5.56 Å². The first-order valence-electron chi connectivity index (χ1n) is 5.89. The molecule has 100 valence electrons. The summed E-state index contributed by atoms with van der Waals surface area (Å²) < 4.78 is 5.30. The van der Waals surface area contributed by atoms with Crippen LogP contribution in [0.25, 0.3) is 0 Å². The van der Waals surface area contributed by atoms with Crippen molar-refractivity contribution < 1.29 is 19.1 Å². The Bertz CT molecular complexity index is 448. The van der Waals surface area contributed by atoms with Crippen molar-refractivity contribution in [3.05, 3.63) is 23.2 Å². The number of aryl methyl sites for hydroxylation is 2. The van der Waals surface area contributed by atoms with Crippen molar-refractivity contribution in [1.29, 1.82) is 0 Å². The SMILES string of the molecule is Cc1cc(C(=O)N(CC(=O)O)CC(C)C)c(C)o1. The molecule has 1 rings (SSSR count). The first-order chi connectivity index (χ1) is 8.31. The first kappa shape index (κ1) is 14.3. The van der Waals surface area contributed by atoms with Gasteiger partial charge in [-0.3, -0.25) is 9.59 Å². The molecule has 0 atom stereocenters. The fourth-order valence-electron chi connectivity index (χ4n) is 1.84. The van der Waals surface area contributed by atoms with Crippen LogP contribution in [0.15, 0.2) is 10.5 Å². The maximum atomic E-state index is 12.3. The van der Waals surface area contributed by atoms with Gasteiger partial charge in [-0.05, 0) is 25.8 Å². The van der Waals surface area contributed by atoms with Gasteiger partial charge in [-0.2, -0.15) is 0 Å². The number of aliphatic carboxylic acids is 1. The highest BCUT2D eigenvalue weighted by molar-refractivity contribution is 5.96. The minimum atomic E-state index is -1.01. The molecule has 0 aromatic carbocycles. The van der Waals surface area contributed by atoms with E-state index in [1.165, 1.54) is 4.90 Å². The molecule has 0 unspecified atom stereocenters. The molecule has 0 spiro atoms. The molecule has 0 saturated heterocycles. The third-order valence-electron chi connectivity index (χ3n) is 2.47. The molecular formula is C13H19NO4. The topological polar surface area (TPSA) is 70.8 Å². The van der Waals surface area contributed by atoms with E-state index in [0.29, 0.717) is 23.6 Å². The van der Waals surface area contributed by atoms with E-state index < -0.39 is 5.97 Å². The Morgan fingerprint density at radius 3 is 2.39 bits per heavy atom. The molecule has 0 aliphatic rings. The first-order valence-corrected chi connectivity index (χ1v) is 5.89. The van der Waals surface area contributed by atoms with E-state index in [1.54, 1.807) is 19.9 Å². The van der Waals surface area contributed by atoms with E-state index >= 15 is 0 Å². The number of hydrogen-bond acceptors (Lipinski definition) is 3. The van der Waals surface area contributed by atoms with Gasteiger partial charge in [0.1, 0.15) is 18.1 Å². The molecule has 5 nitrogen and oxygen atoms in total. The summed E-state index contributed by atoms with van der Waals surface area (Å²) in [6.45, 7) is 7.46. The normalized spacial score (nSPS) is 10.7. The van der Waals surface area contributed by atoms with Crippen molar-refractivity contribution in [2.45, 2.75) is 27.7 Å². The predicted molar refractivity (Wildman–Crippen MR) is 66.6 cm³/mol. The van der Waals surface area contributed by atoms with Crippen LogP contribution in [-0.4, -0.2) is 35.0 Å². The molecule has 1 N–H and O–H groups in total. The highest BCUT2D eigenvalue weighted by Gasteiger charge is 2.22. The Balaban J connectivity index is 2.94. The average molecular weight is 253 g/mol. The molecule has 0 aliphatic heterocycles. The number of hydrogen-bond donors (Lipinski definition) is 1. The quantitative estimate of drug-likeness (QED) is 0.872. The Morgan fingerprint density at radius 2 is 2.00 bits per heavy atom. The Hall–Kier alpha value is -1.78. The van der Waals surface area contributed by atoms with E-state index in [2.05, 4.69) is 0 Å². The summed E-state index contributed by atoms with van der Waals surface area (Å²) in [6, 6.07) is 1.65. The standard InChI is InChI=1S/C13H19NO4/c1-8(2)6-14(7-12(15)16)13(17)11-5-9(3)18-10(11)4/h5,8H,6-7H2,1-4H3,(H,15,16). The molecule has 1 aromatic heterocycles. The van der Waals surface area contributed by atoms with Crippen LogP contribution in [0.2, 0.25) is 0 Å². The summed E-state index contributed by atoms with van der Waals surface area (Å²) in [4.78, 5) is 24.4. The maximum absolute atomic E-state index is 12.3. The summed E-state index contributed by atoms with van der Waals surface area (Å²) in [5, 5.41) is 8.85. The van der Waals surface area contributed by atoms with Crippen molar-refractivity contribution in [3.8, 4) is 0 Å². The number of carboxylic acid groups (broad SMARTS) is 1. The van der Waals surface area contributed by atoms with E-state index in [1.807, 2.05) is 13.8 Å². The zero-order valence-corrected chi connectivity index (χ0v) is 11.2. The molecule has 0 saturated carbocycles. The van der Waals surface area contributed by atoms with Gasteiger partial charge in [0.25, 0.3) is 5.91 Å². The lowest BCUT2D eigenvalue weighted by molar-refractivity contribution is -0.137. The predicted octanol–water partition coefficient (Wildman–Crippen LogP) is 2.08. The largest absolute Gasteiger partial charge is 0.480 e.